The Balaban J connectivity index is 2.34. The molecular formula is C11H9F3N6O. The Morgan fingerprint density at radius 3 is 2.57 bits per heavy atom. The molecule has 2 rings (SSSR count). The highest BCUT2D eigenvalue weighted by molar-refractivity contribution is 6.07. The normalized spacial score (nSPS) is 11.0. The summed E-state index contributed by atoms with van der Waals surface area (Å²) in [5.41, 5.74) is 0.923. The smallest absolute Gasteiger partial charge is 0.323 e. The molecule has 1 aromatic heterocycles. The van der Waals surface area contributed by atoms with Crippen molar-refractivity contribution in [3.63, 3.8) is 0 Å². The SMILES string of the molecule is NNc1ccc(C(F)(F)F)cc1C(=O)Nc1nccnn1. The number of nitrogen functional groups attached to an aromatic ring is 1. The molecule has 21 heavy (non-hydrogen) atoms. The van der Waals surface area contributed by atoms with E-state index in [-0.39, 0.29) is 17.2 Å². The number of benzene rings is 1. The Morgan fingerprint density at radius 2 is 2.00 bits per heavy atom. The number of hydrogen-bond donors (Lipinski definition) is 3. The molecule has 1 heterocycles. The number of aromatic nitrogens is 3. The van der Waals surface area contributed by atoms with Crippen molar-refractivity contribution in [2.45, 2.75) is 6.18 Å². The van der Waals surface area contributed by atoms with Gasteiger partial charge in [0.05, 0.1) is 29.2 Å². The van der Waals surface area contributed by atoms with E-state index >= 15 is 0 Å². The summed E-state index contributed by atoms with van der Waals surface area (Å²) in [6.45, 7) is 0. The minimum absolute atomic E-state index is 0.0318. The zero-order chi connectivity index (χ0) is 15.5. The minimum atomic E-state index is -4.58. The van der Waals surface area contributed by atoms with Gasteiger partial charge in [0.2, 0.25) is 5.95 Å². The van der Waals surface area contributed by atoms with Crippen LogP contribution in [0.3, 0.4) is 0 Å². The third kappa shape index (κ3) is 3.42. The van der Waals surface area contributed by atoms with Crippen LogP contribution in [0, 0.1) is 0 Å². The minimum Gasteiger partial charge on any atom is -0.323 e. The number of halogens is 3. The summed E-state index contributed by atoms with van der Waals surface area (Å²) in [5, 5.41) is 9.21. The number of hydrazine groups is 1. The highest BCUT2D eigenvalue weighted by atomic mass is 19.4. The maximum Gasteiger partial charge on any atom is 0.416 e. The Bertz CT molecular complexity index is 646. The van der Waals surface area contributed by atoms with E-state index in [1.54, 1.807) is 0 Å². The Labute approximate surface area is 116 Å². The molecule has 0 spiro atoms. The lowest BCUT2D eigenvalue weighted by Gasteiger charge is -2.12. The van der Waals surface area contributed by atoms with Gasteiger partial charge >= 0.3 is 6.18 Å². The van der Waals surface area contributed by atoms with Crippen molar-refractivity contribution in [1.82, 2.24) is 15.2 Å². The number of hydrogen-bond acceptors (Lipinski definition) is 6. The Kier molecular flexibility index (Phi) is 3.98. The molecule has 0 aliphatic carbocycles. The number of rotatable bonds is 3. The summed E-state index contributed by atoms with van der Waals surface area (Å²) < 4.78 is 38.0. The van der Waals surface area contributed by atoms with Gasteiger partial charge in [-0.25, -0.2) is 4.98 Å². The molecular weight excluding hydrogens is 289 g/mol. The van der Waals surface area contributed by atoms with Gasteiger partial charge in [0, 0.05) is 0 Å². The number of carbonyl (C=O) groups excluding carboxylic acids is 1. The van der Waals surface area contributed by atoms with E-state index in [4.69, 9.17) is 5.84 Å². The maximum atomic E-state index is 12.7. The second-order valence-electron chi connectivity index (χ2n) is 3.82. The molecule has 0 atom stereocenters. The van der Waals surface area contributed by atoms with Crippen molar-refractivity contribution < 1.29 is 18.0 Å². The lowest BCUT2D eigenvalue weighted by atomic mass is 10.1. The highest BCUT2D eigenvalue weighted by Gasteiger charge is 2.31. The van der Waals surface area contributed by atoms with Crippen molar-refractivity contribution in [2.24, 2.45) is 5.84 Å². The van der Waals surface area contributed by atoms with E-state index in [1.807, 2.05) is 0 Å². The second kappa shape index (κ2) is 5.71. The van der Waals surface area contributed by atoms with Gasteiger partial charge in [-0.1, -0.05) is 0 Å². The summed E-state index contributed by atoms with van der Waals surface area (Å²) in [4.78, 5) is 15.7. The number of nitrogens with zero attached hydrogens (tertiary/aromatic N) is 3. The van der Waals surface area contributed by atoms with Crippen LogP contribution in [0.5, 0.6) is 0 Å². The van der Waals surface area contributed by atoms with Gasteiger partial charge in [-0.3, -0.25) is 16.0 Å². The molecule has 10 heteroatoms. The first-order chi connectivity index (χ1) is 9.91. The Hall–Kier alpha value is -2.75. The molecule has 7 nitrogen and oxygen atoms in total. The average Bonchev–Trinajstić information content (AvgIpc) is 2.46. The first-order valence-electron chi connectivity index (χ1n) is 5.54. The fourth-order valence-corrected chi connectivity index (χ4v) is 1.51. The monoisotopic (exact) mass is 298 g/mol. The molecule has 0 saturated heterocycles. The topological polar surface area (TPSA) is 106 Å². The van der Waals surface area contributed by atoms with Crippen molar-refractivity contribution >= 4 is 17.5 Å². The van der Waals surface area contributed by atoms with E-state index in [0.29, 0.717) is 6.07 Å². The Morgan fingerprint density at radius 1 is 1.24 bits per heavy atom. The van der Waals surface area contributed by atoms with Crippen LogP contribution >= 0.6 is 0 Å². The van der Waals surface area contributed by atoms with E-state index < -0.39 is 17.6 Å². The highest BCUT2D eigenvalue weighted by Crippen LogP contribution is 2.31. The zero-order valence-electron chi connectivity index (χ0n) is 10.3. The molecule has 1 amide bonds. The lowest BCUT2D eigenvalue weighted by Crippen LogP contribution is -2.20. The van der Waals surface area contributed by atoms with Crippen molar-refractivity contribution in [2.75, 3.05) is 10.7 Å². The molecule has 0 aliphatic rings. The van der Waals surface area contributed by atoms with E-state index in [0.717, 1.165) is 12.1 Å². The van der Waals surface area contributed by atoms with E-state index in [9.17, 15) is 18.0 Å². The first kappa shape index (κ1) is 14.7. The quantitative estimate of drug-likeness (QED) is 0.584. The summed E-state index contributed by atoms with van der Waals surface area (Å²) in [6.07, 6.45) is -2.02. The third-order valence-electron chi connectivity index (χ3n) is 2.45. The first-order valence-corrected chi connectivity index (χ1v) is 5.54. The molecule has 0 radical (unpaired) electrons. The molecule has 0 unspecified atom stereocenters. The maximum absolute atomic E-state index is 12.7. The van der Waals surface area contributed by atoms with Crippen molar-refractivity contribution in [1.29, 1.82) is 0 Å². The molecule has 0 aliphatic heterocycles. The summed E-state index contributed by atoms with van der Waals surface area (Å²) >= 11 is 0. The van der Waals surface area contributed by atoms with Crippen LogP contribution in [0.4, 0.5) is 24.8 Å². The summed E-state index contributed by atoms with van der Waals surface area (Å²) in [7, 11) is 0. The van der Waals surface area contributed by atoms with Crippen molar-refractivity contribution in [3.05, 3.63) is 41.7 Å². The number of nitrogens with one attached hydrogen (secondary N) is 2. The van der Waals surface area contributed by atoms with Crippen LogP contribution in [-0.4, -0.2) is 21.1 Å². The fraction of sp³-hybridized carbons (Fsp3) is 0.0909. The van der Waals surface area contributed by atoms with Crippen LogP contribution in [0.2, 0.25) is 0 Å². The summed E-state index contributed by atoms with van der Waals surface area (Å²) in [5.74, 6) is 4.20. The molecule has 1 aromatic carbocycles. The van der Waals surface area contributed by atoms with Crippen LogP contribution in [0.15, 0.2) is 30.6 Å². The van der Waals surface area contributed by atoms with Crippen LogP contribution in [0.25, 0.3) is 0 Å². The number of alkyl halides is 3. The number of amides is 1. The molecule has 0 saturated carbocycles. The molecule has 0 fully saturated rings. The zero-order valence-corrected chi connectivity index (χ0v) is 10.3. The van der Waals surface area contributed by atoms with Gasteiger partial charge < -0.3 is 5.43 Å². The van der Waals surface area contributed by atoms with Gasteiger partial charge in [-0.2, -0.15) is 18.3 Å². The van der Waals surface area contributed by atoms with Gasteiger partial charge in [0.15, 0.2) is 0 Å². The van der Waals surface area contributed by atoms with Crippen molar-refractivity contribution in [3.8, 4) is 0 Å². The standard InChI is InChI=1S/C11H9F3N6O/c12-11(13,14)6-1-2-8(19-15)7(5-6)9(21)18-10-16-3-4-17-20-10/h1-5,19H,15H2,(H,16,18,20,21). The largest absolute Gasteiger partial charge is 0.416 e. The van der Waals surface area contributed by atoms with Gasteiger partial charge in [-0.05, 0) is 18.2 Å². The average molecular weight is 298 g/mol. The van der Waals surface area contributed by atoms with Gasteiger partial charge in [0.1, 0.15) is 0 Å². The fourth-order valence-electron chi connectivity index (χ4n) is 1.51. The molecule has 110 valence electrons. The number of nitrogens with two attached hydrogens (primary N) is 1. The van der Waals surface area contributed by atoms with E-state index in [2.05, 4.69) is 25.9 Å². The predicted octanol–water partition coefficient (Wildman–Crippen LogP) is 1.43. The second-order valence-corrected chi connectivity index (χ2v) is 3.82. The third-order valence-corrected chi connectivity index (χ3v) is 2.45. The summed E-state index contributed by atoms with van der Waals surface area (Å²) in [6, 6.07) is 2.55. The van der Waals surface area contributed by atoms with Gasteiger partial charge in [0.25, 0.3) is 5.91 Å². The molecule has 2 aromatic rings. The van der Waals surface area contributed by atoms with Crippen LogP contribution in [0.1, 0.15) is 15.9 Å². The predicted molar refractivity (Wildman–Crippen MR) is 67.0 cm³/mol. The molecule has 0 bridgehead atoms. The van der Waals surface area contributed by atoms with Gasteiger partial charge in [-0.15, -0.1) is 5.10 Å². The van der Waals surface area contributed by atoms with Crippen LogP contribution < -0.4 is 16.6 Å². The van der Waals surface area contributed by atoms with E-state index in [1.165, 1.54) is 12.4 Å². The molecule has 4 N–H and O–H groups in total. The number of carbonyl (C=O) groups is 1. The lowest BCUT2D eigenvalue weighted by molar-refractivity contribution is -0.137. The van der Waals surface area contributed by atoms with Crippen LogP contribution in [-0.2, 0) is 6.18 Å². The number of anilines is 2.